The Balaban J connectivity index is 2.23. The minimum atomic E-state index is -0.186. The third-order valence-corrected chi connectivity index (χ3v) is 5.49. The molecule has 1 aromatic heterocycles. The van der Waals surface area contributed by atoms with Crippen LogP contribution in [-0.4, -0.2) is 11.9 Å². The van der Waals surface area contributed by atoms with E-state index in [-0.39, 0.29) is 5.60 Å². The van der Waals surface area contributed by atoms with E-state index in [1.807, 2.05) is 0 Å². The molecule has 0 amide bonds. The van der Waals surface area contributed by atoms with Crippen molar-refractivity contribution in [1.29, 1.82) is 0 Å². The number of thioether (sulfide) groups is 1. The first kappa shape index (κ1) is 16.7. The van der Waals surface area contributed by atoms with Crippen LogP contribution >= 0.6 is 34.9 Å². The van der Waals surface area contributed by atoms with Crippen molar-refractivity contribution in [2.45, 2.75) is 46.9 Å². The molecule has 0 unspecified atom stereocenters. The molecule has 0 aliphatic carbocycles. The predicted octanol–water partition coefficient (Wildman–Crippen LogP) is 5.26. The molecule has 0 aliphatic rings. The second kappa shape index (κ2) is 7.09. The van der Waals surface area contributed by atoms with E-state index in [4.69, 9.17) is 10.5 Å². The molecule has 2 N–H and O–H groups in total. The zero-order chi connectivity index (χ0) is 15.5. The van der Waals surface area contributed by atoms with Gasteiger partial charge in [0.2, 0.25) is 0 Å². The fourth-order valence-corrected chi connectivity index (χ4v) is 4.45. The largest absolute Gasteiger partial charge is 0.488 e. The second-order valence-electron chi connectivity index (χ2n) is 5.59. The Morgan fingerprint density at radius 1 is 1.14 bits per heavy atom. The molecule has 114 valence electrons. The zero-order valence-electron chi connectivity index (χ0n) is 12.8. The molecule has 0 atom stereocenters. The standard InChI is InChI=1S/C16H21NOS3/c1-16(2,3)18-11-7-13(19-4)9-14(8-11)21-15-6-5-12(10-17)20-15/h5-9H,10,17H2,1-4H3. The number of hydrogen-bond donors (Lipinski definition) is 1. The van der Waals surface area contributed by atoms with Crippen molar-refractivity contribution in [3.8, 4) is 5.75 Å². The van der Waals surface area contributed by atoms with Gasteiger partial charge in [-0.15, -0.1) is 23.1 Å². The predicted molar refractivity (Wildman–Crippen MR) is 94.9 cm³/mol. The molecule has 0 spiro atoms. The second-order valence-corrected chi connectivity index (χ2v) is 9.01. The van der Waals surface area contributed by atoms with E-state index < -0.39 is 0 Å². The topological polar surface area (TPSA) is 35.2 Å². The molecule has 1 aromatic carbocycles. The van der Waals surface area contributed by atoms with Gasteiger partial charge in [-0.25, -0.2) is 0 Å². The number of nitrogens with two attached hydrogens (primary N) is 1. The Morgan fingerprint density at radius 3 is 2.43 bits per heavy atom. The number of hydrogen-bond acceptors (Lipinski definition) is 5. The third kappa shape index (κ3) is 5.25. The van der Waals surface area contributed by atoms with Crippen molar-refractivity contribution in [3.05, 3.63) is 35.2 Å². The SMILES string of the molecule is CSc1cc(OC(C)(C)C)cc(Sc2ccc(CN)s2)c1. The molecule has 2 rings (SSSR count). The van der Waals surface area contributed by atoms with Crippen molar-refractivity contribution in [2.24, 2.45) is 5.73 Å². The summed E-state index contributed by atoms with van der Waals surface area (Å²) in [5.41, 5.74) is 5.49. The van der Waals surface area contributed by atoms with Gasteiger partial charge >= 0.3 is 0 Å². The van der Waals surface area contributed by atoms with E-state index in [1.165, 1.54) is 18.9 Å². The van der Waals surface area contributed by atoms with E-state index in [9.17, 15) is 0 Å². The van der Waals surface area contributed by atoms with Crippen LogP contribution < -0.4 is 10.5 Å². The molecule has 1 heterocycles. The molecule has 0 saturated heterocycles. The van der Waals surface area contributed by atoms with Gasteiger partial charge in [0.1, 0.15) is 11.4 Å². The summed E-state index contributed by atoms with van der Waals surface area (Å²) in [5, 5.41) is 0. The van der Waals surface area contributed by atoms with Gasteiger partial charge in [-0.05, 0) is 57.4 Å². The van der Waals surface area contributed by atoms with Gasteiger partial charge in [0, 0.05) is 21.2 Å². The lowest BCUT2D eigenvalue weighted by Crippen LogP contribution is -2.22. The molecule has 5 heteroatoms. The van der Waals surface area contributed by atoms with E-state index >= 15 is 0 Å². The molecule has 0 radical (unpaired) electrons. The maximum Gasteiger partial charge on any atom is 0.122 e. The maximum absolute atomic E-state index is 6.01. The Morgan fingerprint density at radius 2 is 1.86 bits per heavy atom. The normalized spacial score (nSPS) is 11.7. The van der Waals surface area contributed by atoms with Gasteiger partial charge < -0.3 is 10.5 Å². The highest BCUT2D eigenvalue weighted by atomic mass is 32.2. The van der Waals surface area contributed by atoms with Crippen LogP contribution in [0.3, 0.4) is 0 Å². The highest BCUT2D eigenvalue weighted by Gasteiger charge is 2.13. The van der Waals surface area contributed by atoms with Gasteiger partial charge in [0.05, 0.1) is 4.21 Å². The molecular weight excluding hydrogens is 318 g/mol. The molecule has 2 nitrogen and oxygen atoms in total. The zero-order valence-corrected chi connectivity index (χ0v) is 15.3. The summed E-state index contributed by atoms with van der Waals surface area (Å²) in [4.78, 5) is 3.63. The van der Waals surface area contributed by atoms with E-state index in [2.05, 4.69) is 57.4 Å². The smallest absolute Gasteiger partial charge is 0.122 e. The van der Waals surface area contributed by atoms with Crippen LogP contribution in [0, 0.1) is 0 Å². The summed E-state index contributed by atoms with van der Waals surface area (Å²) < 4.78 is 7.27. The number of rotatable bonds is 5. The summed E-state index contributed by atoms with van der Waals surface area (Å²) in [7, 11) is 0. The summed E-state index contributed by atoms with van der Waals surface area (Å²) in [5.74, 6) is 0.924. The maximum atomic E-state index is 6.01. The van der Waals surface area contributed by atoms with Crippen molar-refractivity contribution in [1.82, 2.24) is 0 Å². The van der Waals surface area contributed by atoms with Crippen LogP contribution in [0.5, 0.6) is 5.75 Å². The van der Waals surface area contributed by atoms with Gasteiger partial charge in [-0.3, -0.25) is 0 Å². The number of thiophene rings is 1. The summed E-state index contributed by atoms with van der Waals surface area (Å²) >= 11 is 5.25. The molecule has 2 aromatic rings. The summed E-state index contributed by atoms with van der Waals surface area (Å²) in [6.45, 7) is 6.81. The first-order valence-corrected chi connectivity index (χ1v) is 9.60. The van der Waals surface area contributed by atoms with E-state index in [0.717, 1.165) is 5.75 Å². The number of benzene rings is 1. The highest BCUT2D eigenvalue weighted by molar-refractivity contribution is 8.01. The lowest BCUT2D eigenvalue weighted by molar-refractivity contribution is 0.130. The molecule has 0 saturated carbocycles. The monoisotopic (exact) mass is 339 g/mol. The Kier molecular flexibility index (Phi) is 5.66. The quantitative estimate of drug-likeness (QED) is 0.754. The lowest BCUT2D eigenvalue weighted by atomic mass is 10.2. The molecular formula is C16H21NOS3. The van der Waals surface area contributed by atoms with Crippen LogP contribution in [-0.2, 0) is 6.54 Å². The van der Waals surface area contributed by atoms with Crippen LogP contribution in [0.2, 0.25) is 0 Å². The first-order valence-electron chi connectivity index (χ1n) is 6.74. The van der Waals surface area contributed by atoms with Crippen molar-refractivity contribution in [2.75, 3.05) is 6.26 Å². The Hall–Kier alpha value is -0.620. The summed E-state index contributed by atoms with van der Waals surface area (Å²) in [6.07, 6.45) is 2.09. The van der Waals surface area contributed by atoms with Gasteiger partial charge in [0.25, 0.3) is 0 Å². The summed E-state index contributed by atoms with van der Waals surface area (Å²) in [6, 6.07) is 10.6. The number of ether oxygens (including phenoxy) is 1. The molecule has 21 heavy (non-hydrogen) atoms. The van der Waals surface area contributed by atoms with E-state index in [1.54, 1.807) is 34.9 Å². The van der Waals surface area contributed by atoms with Crippen LogP contribution in [0.15, 0.2) is 44.3 Å². The van der Waals surface area contributed by atoms with Crippen molar-refractivity contribution >= 4 is 34.9 Å². The molecule has 0 fully saturated rings. The van der Waals surface area contributed by atoms with Gasteiger partial charge in [-0.1, -0.05) is 11.8 Å². The minimum absolute atomic E-state index is 0.186. The first-order chi connectivity index (χ1) is 9.89. The lowest BCUT2D eigenvalue weighted by Gasteiger charge is -2.22. The average Bonchev–Trinajstić information content (AvgIpc) is 2.84. The fourth-order valence-electron chi connectivity index (χ4n) is 1.77. The Bertz CT molecular complexity index is 602. The average molecular weight is 340 g/mol. The molecule has 0 aliphatic heterocycles. The van der Waals surface area contributed by atoms with Crippen molar-refractivity contribution in [3.63, 3.8) is 0 Å². The van der Waals surface area contributed by atoms with Crippen LogP contribution in [0.4, 0.5) is 0 Å². The van der Waals surface area contributed by atoms with Gasteiger partial charge in [-0.2, -0.15) is 0 Å². The minimum Gasteiger partial charge on any atom is -0.488 e. The van der Waals surface area contributed by atoms with E-state index in [0.29, 0.717) is 6.54 Å². The van der Waals surface area contributed by atoms with Crippen LogP contribution in [0.1, 0.15) is 25.6 Å². The highest BCUT2D eigenvalue weighted by Crippen LogP contribution is 2.37. The van der Waals surface area contributed by atoms with Gasteiger partial charge in [0.15, 0.2) is 0 Å². The molecule has 0 bridgehead atoms. The Labute approximate surface area is 139 Å². The van der Waals surface area contributed by atoms with Crippen LogP contribution in [0.25, 0.3) is 0 Å². The third-order valence-electron chi connectivity index (χ3n) is 2.57. The fraction of sp³-hybridized carbons (Fsp3) is 0.375. The van der Waals surface area contributed by atoms with Crippen molar-refractivity contribution < 1.29 is 4.74 Å².